The van der Waals surface area contributed by atoms with E-state index < -0.39 is 16.1 Å². The number of unbranched alkanes of at least 4 members (excludes halogenated alkanes) is 8. The van der Waals surface area contributed by atoms with Crippen LogP contribution in [0.3, 0.4) is 0 Å². The van der Waals surface area contributed by atoms with Crippen molar-refractivity contribution >= 4 is 45.6 Å². The molecule has 0 aromatic heterocycles. The Morgan fingerprint density at radius 3 is 2.04 bits per heavy atom. The van der Waals surface area contributed by atoms with Gasteiger partial charge in [-0.05, 0) is 18.6 Å². The molecule has 0 bridgehead atoms. The van der Waals surface area contributed by atoms with Crippen molar-refractivity contribution in [1.29, 1.82) is 0 Å². The van der Waals surface area contributed by atoms with Gasteiger partial charge in [0.05, 0.1) is 0 Å². The molecule has 5 nitrogen and oxygen atoms in total. The maximum Gasteiger partial charge on any atom is 0.311 e. The van der Waals surface area contributed by atoms with Crippen molar-refractivity contribution in [3.8, 4) is 5.75 Å². The fourth-order valence-corrected chi connectivity index (χ4v) is 3.12. The van der Waals surface area contributed by atoms with E-state index >= 15 is 0 Å². The Kier molecular flexibility index (Phi) is 13.5. The number of para-hydroxylation sites is 1. The summed E-state index contributed by atoms with van der Waals surface area (Å²) in [5.41, 5.74) is 0. The first-order valence-electron chi connectivity index (χ1n) is 8.72. The first-order valence-corrected chi connectivity index (χ1v) is 10.2. The van der Waals surface area contributed by atoms with Crippen LogP contribution in [0.1, 0.15) is 71.1 Å². The van der Waals surface area contributed by atoms with Crippen LogP contribution in [0.25, 0.3) is 0 Å². The Balaban J connectivity index is 0.00000576. The number of benzene rings is 1. The van der Waals surface area contributed by atoms with Crippen molar-refractivity contribution < 1.29 is 22.5 Å². The van der Waals surface area contributed by atoms with Gasteiger partial charge < -0.3 is 4.74 Å². The molecular weight excluding hydrogens is 351 g/mol. The van der Waals surface area contributed by atoms with E-state index in [0.29, 0.717) is 0 Å². The Morgan fingerprint density at radius 2 is 1.48 bits per heavy atom. The molecular formula is C18H28NaO5S. The maximum atomic E-state index is 11.8. The zero-order chi connectivity index (χ0) is 17.8. The molecule has 0 aliphatic rings. The molecule has 0 aliphatic carbocycles. The number of hydrogen-bond donors (Lipinski definition) is 1. The van der Waals surface area contributed by atoms with Crippen LogP contribution in [0, 0.1) is 0 Å². The summed E-state index contributed by atoms with van der Waals surface area (Å²) in [6.07, 6.45) is 10.6. The van der Waals surface area contributed by atoms with Gasteiger partial charge in [-0.1, -0.05) is 70.4 Å². The molecule has 137 valence electrons. The summed E-state index contributed by atoms with van der Waals surface area (Å²) < 4.78 is 36.6. The minimum absolute atomic E-state index is 0. The third kappa shape index (κ3) is 11.0. The predicted molar refractivity (Wildman–Crippen MR) is 99.5 cm³/mol. The van der Waals surface area contributed by atoms with Crippen LogP contribution in [-0.4, -0.2) is 48.5 Å². The van der Waals surface area contributed by atoms with E-state index in [1.54, 1.807) is 6.07 Å². The summed E-state index contributed by atoms with van der Waals surface area (Å²) >= 11 is 0. The number of carbonyl (C=O) groups excluding carboxylic acids is 1. The van der Waals surface area contributed by atoms with Crippen LogP contribution in [-0.2, 0) is 14.9 Å². The molecule has 0 heterocycles. The summed E-state index contributed by atoms with van der Waals surface area (Å²) in [5.74, 6) is -0.602. The van der Waals surface area contributed by atoms with E-state index in [9.17, 15) is 13.2 Å². The zero-order valence-corrected chi connectivity index (χ0v) is 18.2. The molecule has 25 heavy (non-hydrogen) atoms. The minimum Gasteiger partial charge on any atom is -0.425 e. The van der Waals surface area contributed by atoms with Crippen LogP contribution >= 0.6 is 0 Å². The van der Waals surface area contributed by atoms with E-state index in [1.165, 1.54) is 56.7 Å². The molecule has 0 unspecified atom stereocenters. The SMILES string of the molecule is CCCCCCCCCCCC(=O)Oc1ccccc1S(=O)(=O)O.[Na]. The Bertz CT molecular complexity index is 601. The first kappa shape index (κ1) is 24.6. The second-order valence-electron chi connectivity index (χ2n) is 5.97. The van der Waals surface area contributed by atoms with Gasteiger partial charge >= 0.3 is 5.97 Å². The Morgan fingerprint density at radius 1 is 0.960 bits per heavy atom. The number of rotatable bonds is 12. The fourth-order valence-electron chi connectivity index (χ4n) is 2.50. The summed E-state index contributed by atoms with van der Waals surface area (Å²) in [6, 6.07) is 5.57. The van der Waals surface area contributed by atoms with Gasteiger partial charge in [0.15, 0.2) is 5.75 Å². The second kappa shape index (κ2) is 13.8. The summed E-state index contributed by atoms with van der Waals surface area (Å²) in [7, 11) is -4.40. The largest absolute Gasteiger partial charge is 0.425 e. The van der Waals surface area contributed by atoms with Crippen molar-refractivity contribution in [1.82, 2.24) is 0 Å². The van der Waals surface area contributed by atoms with E-state index in [2.05, 4.69) is 6.92 Å². The van der Waals surface area contributed by atoms with Crippen molar-refractivity contribution in [3.05, 3.63) is 24.3 Å². The standard InChI is InChI=1S/C18H28O5S.Na/c1-2-3-4-5-6-7-8-9-10-15-18(19)23-16-13-11-12-14-17(16)24(20,21)22;/h11-14H,2-10,15H2,1H3,(H,20,21,22);. The number of ether oxygens (including phenoxy) is 1. The van der Waals surface area contributed by atoms with Crippen LogP contribution in [0.5, 0.6) is 5.75 Å². The monoisotopic (exact) mass is 379 g/mol. The summed E-state index contributed by atoms with van der Waals surface area (Å²) in [5, 5.41) is 0. The molecule has 1 radical (unpaired) electrons. The summed E-state index contributed by atoms with van der Waals surface area (Å²) in [6.45, 7) is 2.20. The predicted octanol–water partition coefficient (Wildman–Crippen LogP) is 4.38. The van der Waals surface area contributed by atoms with Crippen LogP contribution in [0.15, 0.2) is 29.2 Å². The van der Waals surface area contributed by atoms with Crippen LogP contribution in [0.4, 0.5) is 0 Å². The van der Waals surface area contributed by atoms with E-state index in [0.717, 1.165) is 19.3 Å². The molecule has 0 fully saturated rings. The van der Waals surface area contributed by atoms with Crippen molar-refractivity contribution in [2.75, 3.05) is 0 Å². The van der Waals surface area contributed by atoms with Crippen molar-refractivity contribution in [3.63, 3.8) is 0 Å². The topological polar surface area (TPSA) is 80.7 Å². The maximum absolute atomic E-state index is 11.8. The molecule has 0 spiro atoms. The molecule has 1 rings (SSSR count). The number of esters is 1. The normalized spacial score (nSPS) is 11.0. The fraction of sp³-hybridized carbons (Fsp3) is 0.611. The van der Waals surface area contributed by atoms with Gasteiger partial charge in [0, 0.05) is 36.0 Å². The molecule has 0 atom stereocenters. The third-order valence-electron chi connectivity index (χ3n) is 3.84. The number of carbonyl (C=O) groups is 1. The smallest absolute Gasteiger partial charge is 0.311 e. The molecule has 0 saturated heterocycles. The first-order chi connectivity index (χ1) is 11.4. The zero-order valence-electron chi connectivity index (χ0n) is 15.4. The van der Waals surface area contributed by atoms with E-state index in [1.807, 2.05) is 0 Å². The van der Waals surface area contributed by atoms with Gasteiger partial charge in [0.1, 0.15) is 4.90 Å². The molecule has 0 saturated carbocycles. The summed E-state index contributed by atoms with van der Waals surface area (Å²) in [4.78, 5) is 11.4. The van der Waals surface area contributed by atoms with Gasteiger partial charge in [-0.3, -0.25) is 9.35 Å². The van der Waals surface area contributed by atoms with Crippen molar-refractivity contribution in [2.24, 2.45) is 0 Å². The molecule has 0 aliphatic heterocycles. The Hall–Kier alpha value is -0.400. The van der Waals surface area contributed by atoms with Crippen LogP contribution in [0.2, 0.25) is 0 Å². The third-order valence-corrected chi connectivity index (χ3v) is 4.73. The van der Waals surface area contributed by atoms with Gasteiger partial charge in [-0.15, -0.1) is 0 Å². The molecule has 1 N–H and O–H groups in total. The Labute approximate surface area is 173 Å². The minimum atomic E-state index is -4.40. The average molecular weight is 379 g/mol. The molecule has 1 aromatic carbocycles. The molecule has 1 aromatic rings. The quantitative estimate of drug-likeness (QED) is 0.192. The van der Waals surface area contributed by atoms with E-state index in [4.69, 9.17) is 9.29 Å². The van der Waals surface area contributed by atoms with Gasteiger partial charge in [-0.25, -0.2) is 0 Å². The molecule has 0 amide bonds. The van der Waals surface area contributed by atoms with E-state index in [-0.39, 0.29) is 46.6 Å². The van der Waals surface area contributed by atoms with Crippen LogP contribution < -0.4 is 4.74 Å². The van der Waals surface area contributed by atoms with Gasteiger partial charge in [0.2, 0.25) is 0 Å². The average Bonchev–Trinajstić information content (AvgIpc) is 2.53. The number of hydrogen-bond acceptors (Lipinski definition) is 4. The second-order valence-corrected chi connectivity index (χ2v) is 7.36. The van der Waals surface area contributed by atoms with Gasteiger partial charge in [0.25, 0.3) is 10.1 Å². The van der Waals surface area contributed by atoms with Gasteiger partial charge in [-0.2, -0.15) is 8.42 Å². The van der Waals surface area contributed by atoms with Crippen molar-refractivity contribution in [2.45, 2.75) is 76.0 Å². The molecule has 7 heteroatoms.